The largest absolute Gasteiger partial charge is 0.370 e. The molecule has 0 fully saturated rings. The Hall–Kier alpha value is -0.730. The van der Waals surface area contributed by atoms with Gasteiger partial charge in [0.15, 0.2) is 5.96 Å². The van der Waals surface area contributed by atoms with Gasteiger partial charge in [-0.2, -0.15) is 0 Å². The Balaban J connectivity index is 4.33. The molecule has 2 N–H and O–H groups in total. The molecule has 0 bridgehead atoms. The maximum absolute atomic E-state index is 5.83. The molecule has 0 rings (SSSR count). The second-order valence-corrected chi connectivity index (χ2v) is 4.18. The minimum Gasteiger partial charge on any atom is -0.370 e. The molecule has 0 aliphatic heterocycles. The Morgan fingerprint density at radius 3 is 1.92 bits per heavy atom. The van der Waals surface area contributed by atoms with Crippen molar-refractivity contribution >= 4 is 5.96 Å². The maximum Gasteiger partial charge on any atom is 0.191 e. The molecular weight excluding hydrogens is 162 g/mol. The van der Waals surface area contributed by atoms with Crippen LogP contribution in [0.15, 0.2) is 4.99 Å². The van der Waals surface area contributed by atoms with E-state index < -0.39 is 0 Å². The normalized spacial score (nSPS) is 15.2. The predicted octanol–water partition coefficient (Wildman–Crippen LogP) is 1.69. The first kappa shape index (κ1) is 12.3. The molecule has 0 radical (unpaired) electrons. The van der Waals surface area contributed by atoms with Crippen molar-refractivity contribution in [3.05, 3.63) is 0 Å². The summed E-state index contributed by atoms with van der Waals surface area (Å²) >= 11 is 0. The fourth-order valence-corrected chi connectivity index (χ4v) is 1.01. The van der Waals surface area contributed by atoms with Gasteiger partial charge in [-0.3, -0.25) is 4.99 Å². The highest BCUT2D eigenvalue weighted by molar-refractivity contribution is 5.78. The van der Waals surface area contributed by atoms with Gasteiger partial charge >= 0.3 is 0 Å². The van der Waals surface area contributed by atoms with Gasteiger partial charge in [0.25, 0.3) is 0 Å². The van der Waals surface area contributed by atoms with Crippen LogP contribution in [0.25, 0.3) is 0 Å². The molecule has 13 heavy (non-hydrogen) atoms. The summed E-state index contributed by atoms with van der Waals surface area (Å²) in [6, 6.07) is 0.698. The zero-order valence-electron chi connectivity index (χ0n) is 9.70. The monoisotopic (exact) mass is 185 g/mol. The highest BCUT2D eigenvalue weighted by Crippen LogP contribution is 2.07. The van der Waals surface area contributed by atoms with Crippen molar-refractivity contribution in [2.24, 2.45) is 16.6 Å². The van der Waals surface area contributed by atoms with Crippen LogP contribution < -0.4 is 5.73 Å². The second-order valence-electron chi connectivity index (χ2n) is 4.18. The lowest BCUT2D eigenvalue weighted by Gasteiger charge is -2.29. The summed E-state index contributed by atoms with van der Waals surface area (Å²) in [5.41, 5.74) is 5.83. The first-order valence-electron chi connectivity index (χ1n) is 4.92. The lowest BCUT2D eigenvalue weighted by Crippen LogP contribution is -2.43. The fourth-order valence-electron chi connectivity index (χ4n) is 1.01. The van der Waals surface area contributed by atoms with Crippen LogP contribution in [-0.4, -0.2) is 30.0 Å². The van der Waals surface area contributed by atoms with Gasteiger partial charge in [0.05, 0.1) is 0 Å². The maximum atomic E-state index is 5.83. The number of aliphatic imine (C=N–C) groups is 1. The van der Waals surface area contributed by atoms with E-state index in [1.54, 1.807) is 0 Å². The summed E-state index contributed by atoms with van der Waals surface area (Å²) in [6.07, 6.45) is 0. The van der Waals surface area contributed by atoms with E-state index in [0.717, 1.165) is 0 Å². The highest BCUT2D eigenvalue weighted by atomic mass is 15.3. The molecule has 0 aromatic rings. The molecule has 0 aliphatic rings. The molecule has 0 saturated carbocycles. The molecule has 1 atom stereocenters. The van der Waals surface area contributed by atoms with Crippen molar-refractivity contribution in [3.8, 4) is 0 Å². The van der Waals surface area contributed by atoms with Crippen molar-refractivity contribution in [3.63, 3.8) is 0 Å². The lowest BCUT2D eigenvalue weighted by atomic mass is 10.1. The second kappa shape index (κ2) is 5.10. The smallest absolute Gasteiger partial charge is 0.191 e. The van der Waals surface area contributed by atoms with Gasteiger partial charge in [0.1, 0.15) is 0 Å². The lowest BCUT2D eigenvalue weighted by molar-refractivity contribution is 0.305. The Morgan fingerprint density at radius 2 is 1.62 bits per heavy atom. The standard InChI is InChI=1S/C10H23N3/c1-7(2)9(5)13(6)10(11)12-8(3)4/h7-9H,1-6H3,(H2,11,12). The molecule has 0 heterocycles. The van der Waals surface area contributed by atoms with Crippen LogP contribution in [0.4, 0.5) is 0 Å². The van der Waals surface area contributed by atoms with Gasteiger partial charge in [-0.05, 0) is 26.7 Å². The van der Waals surface area contributed by atoms with E-state index in [0.29, 0.717) is 17.9 Å². The first-order chi connectivity index (χ1) is 5.86. The minimum atomic E-state index is 0.266. The third-order valence-corrected chi connectivity index (χ3v) is 2.33. The van der Waals surface area contributed by atoms with E-state index in [-0.39, 0.29) is 6.04 Å². The molecule has 3 heteroatoms. The van der Waals surface area contributed by atoms with Crippen LogP contribution in [0.2, 0.25) is 0 Å². The van der Waals surface area contributed by atoms with Crippen LogP contribution in [0, 0.1) is 5.92 Å². The van der Waals surface area contributed by atoms with Crippen molar-refractivity contribution in [1.29, 1.82) is 0 Å². The van der Waals surface area contributed by atoms with Crippen molar-refractivity contribution in [2.45, 2.75) is 46.7 Å². The molecule has 78 valence electrons. The number of guanidine groups is 1. The van der Waals surface area contributed by atoms with Gasteiger partial charge in [-0.25, -0.2) is 0 Å². The van der Waals surface area contributed by atoms with Crippen LogP contribution in [0.5, 0.6) is 0 Å². The predicted molar refractivity (Wildman–Crippen MR) is 58.8 cm³/mol. The first-order valence-corrected chi connectivity index (χ1v) is 4.92. The summed E-state index contributed by atoms with van der Waals surface area (Å²) in [6.45, 7) is 10.6. The average molecular weight is 185 g/mol. The summed E-state index contributed by atoms with van der Waals surface area (Å²) in [5.74, 6) is 1.22. The third-order valence-electron chi connectivity index (χ3n) is 2.33. The van der Waals surface area contributed by atoms with Crippen molar-refractivity contribution in [2.75, 3.05) is 7.05 Å². The van der Waals surface area contributed by atoms with Gasteiger partial charge in [-0.1, -0.05) is 13.8 Å². The molecule has 0 spiro atoms. The Kier molecular flexibility index (Phi) is 4.81. The number of rotatable bonds is 3. The van der Waals surface area contributed by atoms with Crippen molar-refractivity contribution in [1.82, 2.24) is 4.90 Å². The van der Waals surface area contributed by atoms with E-state index in [1.807, 2.05) is 25.8 Å². The topological polar surface area (TPSA) is 41.6 Å². The minimum absolute atomic E-state index is 0.266. The summed E-state index contributed by atoms with van der Waals surface area (Å²) < 4.78 is 0. The zero-order chi connectivity index (χ0) is 10.6. The summed E-state index contributed by atoms with van der Waals surface area (Å²) in [5, 5.41) is 0. The fraction of sp³-hybridized carbons (Fsp3) is 0.900. The number of nitrogens with zero attached hydrogens (tertiary/aromatic N) is 2. The Labute approximate surface area is 82.0 Å². The van der Waals surface area contributed by atoms with Crippen molar-refractivity contribution < 1.29 is 0 Å². The van der Waals surface area contributed by atoms with Crippen LogP contribution >= 0.6 is 0 Å². The number of hydrogen-bond acceptors (Lipinski definition) is 1. The van der Waals surface area contributed by atoms with Gasteiger partial charge in [0, 0.05) is 19.1 Å². The van der Waals surface area contributed by atoms with Gasteiger partial charge < -0.3 is 10.6 Å². The van der Waals surface area contributed by atoms with E-state index in [2.05, 4.69) is 25.8 Å². The molecule has 0 amide bonds. The Morgan fingerprint density at radius 1 is 1.15 bits per heavy atom. The highest BCUT2D eigenvalue weighted by Gasteiger charge is 2.14. The quantitative estimate of drug-likeness (QED) is 0.537. The van der Waals surface area contributed by atoms with E-state index in [4.69, 9.17) is 5.73 Å². The van der Waals surface area contributed by atoms with E-state index in [1.165, 1.54) is 0 Å². The number of nitrogens with two attached hydrogens (primary N) is 1. The third kappa shape index (κ3) is 4.15. The van der Waals surface area contributed by atoms with Crippen LogP contribution in [-0.2, 0) is 0 Å². The van der Waals surface area contributed by atoms with Gasteiger partial charge in [0.2, 0.25) is 0 Å². The Bertz CT molecular complexity index is 173. The van der Waals surface area contributed by atoms with E-state index >= 15 is 0 Å². The molecule has 0 aliphatic carbocycles. The molecule has 0 aromatic carbocycles. The number of hydrogen-bond donors (Lipinski definition) is 1. The average Bonchev–Trinajstić information content (AvgIpc) is 2.00. The molecular formula is C10H23N3. The van der Waals surface area contributed by atoms with Gasteiger partial charge in [-0.15, -0.1) is 0 Å². The SMILES string of the molecule is CC(C)N=C(N)N(C)C(C)C(C)C. The summed E-state index contributed by atoms with van der Waals surface area (Å²) in [7, 11) is 1.99. The zero-order valence-corrected chi connectivity index (χ0v) is 9.70. The molecule has 3 nitrogen and oxygen atoms in total. The summed E-state index contributed by atoms with van der Waals surface area (Å²) in [4.78, 5) is 6.33. The molecule has 0 aromatic heterocycles. The van der Waals surface area contributed by atoms with E-state index in [9.17, 15) is 0 Å². The molecule has 0 saturated heterocycles. The van der Waals surface area contributed by atoms with Crippen LogP contribution in [0.3, 0.4) is 0 Å². The van der Waals surface area contributed by atoms with Crippen LogP contribution in [0.1, 0.15) is 34.6 Å². The molecule has 1 unspecified atom stereocenters.